The molecular formula is C10H11BrN2O2. The van der Waals surface area contributed by atoms with Crippen LogP contribution < -0.4 is 5.73 Å². The molecule has 15 heavy (non-hydrogen) atoms. The van der Waals surface area contributed by atoms with Gasteiger partial charge >= 0.3 is 0 Å². The van der Waals surface area contributed by atoms with Crippen LogP contribution >= 0.6 is 15.9 Å². The van der Waals surface area contributed by atoms with E-state index in [2.05, 4.69) is 20.9 Å². The Bertz CT molecular complexity index is 469. The Morgan fingerprint density at radius 2 is 2.40 bits per heavy atom. The van der Waals surface area contributed by atoms with Gasteiger partial charge in [-0.05, 0) is 18.2 Å². The first-order chi connectivity index (χ1) is 7.20. The van der Waals surface area contributed by atoms with Crippen molar-refractivity contribution in [3.8, 4) is 0 Å². The normalized spacial score (nSPS) is 13.3. The molecule has 5 heteroatoms. The number of halogens is 1. The SMILES string of the molecule is COCC(N)c1nc2cc(Br)ccc2o1. The van der Waals surface area contributed by atoms with Gasteiger partial charge in [-0.3, -0.25) is 0 Å². The molecule has 4 nitrogen and oxygen atoms in total. The number of hydrogen-bond donors (Lipinski definition) is 1. The van der Waals surface area contributed by atoms with Crippen LogP contribution in [0.15, 0.2) is 27.1 Å². The van der Waals surface area contributed by atoms with Crippen molar-refractivity contribution in [3.05, 3.63) is 28.6 Å². The van der Waals surface area contributed by atoms with E-state index in [0.717, 1.165) is 15.6 Å². The third-order valence-corrected chi connectivity index (χ3v) is 2.52. The Kier molecular flexibility index (Phi) is 3.04. The number of nitrogens with zero attached hydrogens (tertiary/aromatic N) is 1. The molecule has 1 aromatic heterocycles. The van der Waals surface area contributed by atoms with Crippen LogP contribution in [0.3, 0.4) is 0 Å². The summed E-state index contributed by atoms with van der Waals surface area (Å²) in [4.78, 5) is 4.29. The van der Waals surface area contributed by atoms with Crippen molar-refractivity contribution in [2.45, 2.75) is 6.04 Å². The maximum absolute atomic E-state index is 5.81. The van der Waals surface area contributed by atoms with E-state index in [1.54, 1.807) is 7.11 Å². The average molecular weight is 271 g/mol. The van der Waals surface area contributed by atoms with Gasteiger partial charge in [-0.25, -0.2) is 4.98 Å². The summed E-state index contributed by atoms with van der Waals surface area (Å²) in [6.45, 7) is 0.397. The molecule has 2 aromatic rings. The molecule has 1 aromatic carbocycles. The lowest BCUT2D eigenvalue weighted by molar-refractivity contribution is 0.171. The summed E-state index contributed by atoms with van der Waals surface area (Å²) in [6, 6.07) is 5.33. The molecule has 1 unspecified atom stereocenters. The van der Waals surface area contributed by atoms with Crippen LogP contribution in [0.5, 0.6) is 0 Å². The molecule has 0 aliphatic carbocycles. The summed E-state index contributed by atoms with van der Waals surface area (Å²) in [5, 5.41) is 0. The average Bonchev–Trinajstić information content (AvgIpc) is 2.60. The fourth-order valence-electron chi connectivity index (χ4n) is 1.33. The van der Waals surface area contributed by atoms with E-state index in [1.807, 2.05) is 18.2 Å². The minimum Gasteiger partial charge on any atom is -0.439 e. The molecule has 0 fully saturated rings. The zero-order chi connectivity index (χ0) is 10.8. The molecule has 0 aliphatic rings. The van der Waals surface area contributed by atoms with Crippen LogP contribution in [0.25, 0.3) is 11.1 Å². The molecule has 0 bridgehead atoms. The van der Waals surface area contributed by atoms with Crippen molar-refractivity contribution in [3.63, 3.8) is 0 Å². The van der Waals surface area contributed by atoms with Crippen LogP contribution in [0, 0.1) is 0 Å². The third-order valence-electron chi connectivity index (χ3n) is 2.03. The minimum absolute atomic E-state index is 0.318. The van der Waals surface area contributed by atoms with Gasteiger partial charge in [0.25, 0.3) is 0 Å². The maximum Gasteiger partial charge on any atom is 0.214 e. The van der Waals surface area contributed by atoms with E-state index in [0.29, 0.717) is 12.5 Å². The Balaban J connectivity index is 2.38. The molecule has 1 heterocycles. The van der Waals surface area contributed by atoms with E-state index in [1.165, 1.54) is 0 Å². The Morgan fingerprint density at radius 1 is 1.60 bits per heavy atom. The summed E-state index contributed by atoms with van der Waals surface area (Å²) < 4.78 is 11.4. The minimum atomic E-state index is -0.318. The fourth-order valence-corrected chi connectivity index (χ4v) is 1.68. The highest BCUT2D eigenvalue weighted by atomic mass is 79.9. The third kappa shape index (κ3) is 2.19. The number of nitrogens with two attached hydrogens (primary N) is 1. The van der Waals surface area contributed by atoms with Gasteiger partial charge in [0.05, 0.1) is 6.61 Å². The van der Waals surface area contributed by atoms with Crippen LogP contribution in [0.4, 0.5) is 0 Å². The van der Waals surface area contributed by atoms with Gasteiger partial charge in [0.1, 0.15) is 11.6 Å². The Labute approximate surface area is 95.5 Å². The first-order valence-electron chi connectivity index (χ1n) is 4.51. The molecule has 80 valence electrons. The number of aromatic nitrogens is 1. The molecule has 2 rings (SSSR count). The number of ether oxygens (including phenoxy) is 1. The van der Waals surface area contributed by atoms with Crippen molar-refractivity contribution in [1.82, 2.24) is 4.98 Å². The van der Waals surface area contributed by atoms with Crippen LogP contribution in [-0.2, 0) is 4.74 Å². The highest BCUT2D eigenvalue weighted by molar-refractivity contribution is 9.10. The zero-order valence-electron chi connectivity index (χ0n) is 8.24. The lowest BCUT2D eigenvalue weighted by atomic mass is 10.3. The quantitative estimate of drug-likeness (QED) is 0.929. The van der Waals surface area contributed by atoms with Gasteiger partial charge in [0.2, 0.25) is 5.89 Å². The Morgan fingerprint density at radius 3 is 3.13 bits per heavy atom. The standard InChI is InChI=1S/C10H11BrN2O2/c1-14-5-7(12)10-13-8-4-6(11)2-3-9(8)15-10/h2-4,7H,5,12H2,1H3. The van der Waals surface area contributed by atoms with Gasteiger partial charge in [0, 0.05) is 11.6 Å². The first kappa shape index (κ1) is 10.6. The van der Waals surface area contributed by atoms with Crippen LogP contribution in [-0.4, -0.2) is 18.7 Å². The number of methoxy groups -OCH3 is 1. The fraction of sp³-hybridized carbons (Fsp3) is 0.300. The van der Waals surface area contributed by atoms with Crippen molar-refractivity contribution in [1.29, 1.82) is 0 Å². The molecule has 2 N–H and O–H groups in total. The molecule has 0 saturated carbocycles. The van der Waals surface area contributed by atoms with Crippen molar-refractivity contribution in [2.24, 2.45) is 5.73 Å². The molecule has 0 amide bonds. The molecular weight excluding hydrogens is 260 g/mol. The summed E-state index contributed by atoms with van der Waals surface area (Å²) in [7, 11) is 1.60. The summed E-state index contributed by atoms with van der Waals surface area (Å²) >= 11 is 3.37. The van der Waals surface area contributed by atoms with E-state index >= 15 is 0 Å². The monoisotopic (exact) mass is 270 g/mol. The maximum atomic E-state index is 5.81. The molecule has 0 radical (unpaired) electrons. The van der Waals surface area contributed by atoms with Crippen LogP contribution in [0.1, 0.15) is 11.9 Å². The van der Waals surface area contributed by atoms with E-state index in [9.17, 15) is 0 Å². The second-order valence-corrected chi connectivity index (χ2v) is 4.14. The van der Waals surface area contributed by atoms with Crippen LogP contribution in [0.2, 0.25) is 0 Å². The Hall–Kier alpha value is -0.910. The second-order valence-electron chi connectivity index (χ2n) is 3.23. The number of hydrogen-bond acceptors (Lipinski definition) is 4. The largest absolute Gasteiger partial charge is 0.439 e. The lowest BCUT2D eigenvalue weighted by Crippen LogP contribution is -2.16. The number of rotatable bonds is 3. The van der Waals surface area contributed by atoms with E-state index in [4.69, 9.17) is 14.9 Å². The van der Waals surface area contributed by atoms with Crippen molar-refractivity contribution in [2.75, 3.05) is 13.7 Å². The first-order valence-corrected chi connectivity index (χ1v) is 5.30. The summed E-state index contributed by atoms with van der Waals surface area (Å²) in [6.07, 6.45) is 0. The van der Waals surface area contributed by atoms with Gasteiger partial charge in [-0.1, -0.05) is 15.9 Å². The molecule has 0 aliphatic heterocycles. The van der Waals surface area contributed by atoms with E-state index < -0.39 is 0 Å². The molecule has 0 saturated heterocycles. The highest BCUT2D eigenvalue weighted by Gasteiger charge is 2.13. The predicted octanol–water partition coefficient (Wildman–Crippen LogP) is 2.24. The topological polar surface area (TPSA) is 61.3 Å². The van der Waals surface area contributed by atoms with Gasteiger partial charge in [-0.15, -0.1) is 0 Å². The van der Waals surface area contributed by atoms with Crippen molar-refractivity contribution < 1.29 is 9.15 Å². The summed E-state index contributed by atoms with van der Waals surface area (Å²) in [5.74, 6) is 0.505. The number of oxazole rings is 1. The number of benzene rings is 1. The lowest BCUT2D eigenvalue weighted by Gasteiger charge is -2.03. The number of fused-ring (bicyclic) bond motifs is 1. The van der Waals surface area contributed by atoms with E-state index in [-0.39, 0.29) is 6.04 Å². The van der Waals surface area contributed by atoms with Gasteiger partial charge < -0.3 is 14.9 Å². The van der Waals surface area contributed by atoms with Gasteiger partial charge in [-0.2, -0.15) is 0 Å². The smallest absolute Gasteiger partial charge is 0.214 e. The summed E-state index contributed by atoms with van der Waals surface area (Å²) in [5.41, 5.74) is 7.35. The molecule has 1 atom stereocenters. The zero-order valence-corrected chi connectivity index (χ0v) is 9.82. The second kappa shape index (κ2) is 4.30. The highest BCUT2D eigenvalue weighted by Crippen LogP contribution is 2.22. The molecule has 0 spiro atoms. The van der Waals surface area contributed by atoms with Crippen molar-refractivity contribution >= 4 is 27.0 Å². The predicted molar refractivity (Wildman–Crippen MR) is 60.5 cm³/mol. The van der Waals surface area contributed by atoms with Gasteiger partial charge in [0.15, 0.2) is 5.58 Å².